The number of H-pyrrole nitrogens is 2. The SMILES string of the molecule is O=c1[nH]nc(SCc2cc(F)cc3cccnc23)[nH]1. The van der Waals surface area contributed by atoms with E-state index < -0.39 is 0 Å². The summed E-state index contributed by atoms with van der Waals surface area (Å²) in [6.07, 6.45) is 1.67. The molecule has 0 saturated carbocycles. The Bertz CT molecular complexity index is 782. The fraction of sp³-hybridized carbons (Fsp3) is 0.0833. The third kappa shape index (κ3) is 2.50. The largest absolute Gasteiger partial charge is 0.341 e. The summed E-state index contributed by atoms with van der Waals surface area (Å²) in [6.45, 7) is 0. The van der Waals surface area contributed by atoms with Crippen molar-refractivity contribution in [1.29, 1.82) is 0 Å². The Balaban J connectivity index is 1.93. The van der Waals surface area contributed by atoms with Crippen LogP contribution in [0, 0.1) is 5.82 Å². The van der Waals surface area contributed by atoms with Gasteiger partial charge >= 0.3 is 5.69 Å². The molecule has 5 nitrogen and oxygen atoms in total. The first-order valence-electron chi connectivity index (χ1n) is 5.53. The highest BCUT2D eigenvalue weighted by molar-refractivity contribution is 7.98. The molecule has 0 spiro atoms. The molecule has 19 heavy (non-hydrogen) atoms. The third-order valence-corrected chi connectivity index (χ3v) is 3.51. The number of hydrogen-bond donors (Lipinski definition) is 2. The molecule has 0 aliphatic carbocycles. The van der Waals surface area contributed by atoms with Gasteiger partial charge in [0.2, 0.25) is 0 Å². The van der Waals surface area contributed by atoms with E-state index in [1.165, 1.54) is 23.9 Å². The van der Waals surface area contributed by atoms with Gasteiger partial charge < -0.3 is 0 Å². The van der Waals surface area contributed by atoms with Gasteiger partial charge in [-0.15, -0.1) is 5.10 Å². The van der Waals surface area contributed by atoms with Crippen molar-refractivity contribution in [2.24, 2.45) is 0 Å². The van der Waals surface area contributed by atoms with Crippen LogP contribution in [0.3, 0.4) is 0 Å². The first-order chi connectivity index (χ1) is 9.22. The lowest BCUT2D eigenvalue weighted by Gasteiger charge is -2.04. The molecular weight excluding hydrogens is 267 g/mol. The lowest BCUT2D eigenvalue weighted by molar-refractivity contribution is 0.628. The summed E-state index contributed by atoms with van der Waals surface area (Å²) < 4.78 is 13.5. The van der Waals surface area contributed by atoms with E-state index >= 15 is 0 Å². The Kier molecular flexibility index (Phi) is 3.04. The molecule has 0 unspecified atom stereocenters. The van der Waals surface area contributed by atoms with Crippen molar-refractivity contribution in [3.63, 3.8) is 0 Å². The first-order valence-corrected chi connectivity index (χ1v) is 6.51. The zero-order chi connectivity index (χ0) is 13.2. The third-order valence-electron chi connectivity index (χ3n) is 2.59. The normalized spacial score (nSPS) is 11.0. The molecule has 2 heterocycles. The maximum Gasteiger partial charge on any atom is 0.341 e. The van der Waals surface area contributed by atoms with Crippen LogP contribution in [0.2, 0.25) is 0 Å². The van der Waals surface area contributed by atoms with Crippen molar-refractivity contribution >= 4 is 22.7 Å². The van der Waals surface area contributed by atoms with E-state index in [0.717, 1.165) is 16.5 Å². The molecule has 0 aliphatic rings. The molecule has 0 saturated heterocycles. The quantitative estimate of drug-likeness (QED) is 0.718. The predicted molar refractivity (Wildman–Crippen MR) is 70.5 cm³/mol. The minimum Gasteiger partial charge on any atom is -0.284 e. The molecule has 0 amide bonds. The molecule has 2 aromatic heterocycles. The molecule has 0 aliphatic heterocycles. The molecule has 3 aromatic rings. The smallest absolute Gasteiger partial charge is 0.284 e. The number of thioether (sulfide) groups is 1. The Morgan fingerprint density at radius 3 is 3.05 bits per heavy atom. The van der Waals surface area contributed by atoms with Crippen LogP contribution in [-0.4, -0.2) is 20.2 Å². The Labute approximate surface area is 111 Å². The number of rotatable bonds is 3. The van der Waals surface area contributed by atoms with Crippen molar-refractivity contribution in [1.82, 2.24) is 20.2 Å². The minimum absolute atomic E-state index is 0.299. The van der Waals surface area contributed by atoms with Gasteiger partial charge in [-0.3, -0.25) is 9.97 Å². The number of aromatic nitrogens is 4. The standard InChI is InChI=1S/C12H9FN4OS/c13-9-4-7-2-1-3-14-10(7)8(5-9)6-19-12-15-11(18)16-17-12/h1-5H,6H2,(H2,15,16,17,18). The van der Waals surface area contributed by atoms with Gasteiger partial charge in [-0.2, -0.15) is 0 Å². The number of aromatic amines is 2. The van der Waals surface area contributed by atoms with Crippen LogP contribution in [0.5, 0.6) is 0 Å². The molecule has 3 rings (SSSR count). The van der Waals surface area contributed by atoms with Gasteiger partial charge in [0.05, 0.1) is 5.52 Å². The average molecular weight is 276 g/mol. The van der Waals surface area contributed by atoms with E-state index in [4.69, 9.17) is 0 Å². The van der Waals surface area contributed by atoms with Crippen LogP contribution in [0.4, 0.5) is 4.39 Å². The molecule has 2 N–H and O–H groups in total. The molecule has 0 atom stereocenters. The molecule has 0 bridgehead atoms. The van der Waals surface area contributed by atoms with E-state index in [1.807, 2.05) is 6.07 Å². The molecule has 0 fully saturated rings. The summed E-state index contributed by atoms with van der Waals surface area (Å²) in [5.74, 6) is 0.179. The zero-order valence-electron chi connectivity index (χ0n) is 9.68. The van der Waals surface area contributed by atoms with E-state index in [0.29, 0.717) is 10.9 Å². The number of benzene rings is 1. The summed E-state index contributed by atoms with van der Waals surface area (Å²) in [4.78, 5) is 17.7. The fourth-order valence-corrected chi connectivity index (χ4v) is 2.59. The van der Waals surface area contributed by atoms with Crippen molar-refractivity contribution in [3.8, 4) is 0 Å². The topological polar surface area (TPSA) is 74.4 Å². The first kappa shape index (κ1) is 11.9. The second kappa shape index (κ2) is 4.85. The zero-order valence-corrected chi connectivity index (χ0v) is 10.5. The van der Waals surface area contributed by atoms with E-state index in [-0.39, 0.29) is 11.5 Å². The molecule has 0 radical (unpaired) electrons. The Hall–Kier alpha value is -2.15. The number of pyridine rings is 1. The molecule has 7 heteroatoms. The second-order valence-electron chi connectivity index (χ2n) is 3.91. The summed E-state index contributed by atoms with van der Waals surface area (Å²) >= 11 is 1.31. The highest BCUT2D eigenvalue weighted by Gasteiger charge is 2.07. The van der Waals surface area contributed by atoms with Gasteiger partial charge in [-0.1, -0.05) is 17.8 Å². The van der Waals surface area contributed by atoms with Crippen LogP contribution in [-0.2, 0) is 5.75 Å². The monoisotopic (exact) mass is 276 g/mol. The van der Waals surface area contributed by atoms with Gasteiger partial charge in [0.15, 0.2) is 5.16 Å². The number of fused-ring (bicyclic) bond motifs is 1. The van der Waals surface area contributed by atoms with E-state index in [1.54, 1.807) is 12.3 Å². The highest BCUT2D eigenvalue weighted by Crippen LogP contribution is 2.24. The molecule has 96 valence electrons. The van der Waals surface area contributed by atoms with Crippen LogP contribution in [0.1, 0.15) is 5.56 Å². The van der Waals surface area contributed by atoms with Crippen LogP contribution in [0.15, 0.2) is 40.4 Å². The van der Waals surface area contributed by atoms with Crippen molar-refractivity contribution < 1.29 is 4.39 Å². The predicted octanol–water partition coefficient (Wildman–Crippen LogP) is 2.08. The minimum atomic E-state index is -0.357. The van der Waals surface area contributed by atoms with Gasteiger partial charge in [0.1, 0.15) is 5.82 Å². The summed E-state index contributed by atoms with van der Waals surface area (Å²) in [7, 11) is 0. The van der Waals surface area contributed by atoms with Crippen LogP contribution >= 0.6 is 11.8 Å². The van der Waals surface area contributed by atoms with Gasteiger partial charge in [-0.05, 0) is 23.8 Å². The van der Waals surface area contributed by atoms with Crippen molar-refractivity contribution in [2.45, 2.75) is 10.9 Å². The number of halogens is 1. The Morgan fingerprint density at radius 2 is 2.26 bits per heavy atom. The lowest BCUT2D eigenvalue weighted by Crippen LogP contribution is -2.00. The van der Waals surface area contributed by atoms with E-state index in [2.05, 4.69) is 20.2 Å². The summed E-state index contributed by atoms with van der Waals surface area (Å²) in [6, 6.07) is 6.49. The van der Waals surface area contributed by atoms with Gasteiger partial charge in [0.25, 0.3) is 0 Å². The number of nitrogens with one attached hydrogen (secondary N) is 2. The van der Waals surface area contributed by atoms with E-state index in [9.17, 15) is 9.18 Å². The van der Waals surface area contributed by atoms with Crippen molar-refractivity contribution in [3.05, 3.63) is 52.3 Å². The van der Waals surface area contributed by atoms with Crippen LogP contribution in [0.25, 0.3) is 10.9 Å². The second-order valence-corrected chi connectivity index (χ2v) is 4.88. The van der Waals surface area contributed by atoms with Crippen molar-refractivity contribution in [2.75, 3.05) is 0 Å². The van der Waals surface area contributed by atoms with Gasteiger partial charge in [0, 0.05) is 17.3 Å². The highest BCUT2D eigenvalue weighted by atomic mass is 32.2. The number of nitrogens with zero attached hydrogens (tertiary/aromatic N) is 2. The lowest BCUT2D eigenvalue weighted by atomic mass is 10.1. The van der Waals surface area contributed by atoms with Gasteiger partial charge in [-0.25, -0.2) is 14.3 Å². The molecule has 1 aromatic carbocycles. The molecular formula is C12H9FN4OS. The summed E-state index contributed by atoms with van der Waals surface area (Å²) in [5.41, 5.74) is 1.17. The maximum absolute atomic E-state index is 13.5. The van der Waals surface area contributed by atoms with Crippen LogP contribution < -0.4 is 5.69 Å². The maximum atomic E-state index is 13.5. The Morgan fingerprint density at radius 1 is 1.37 bits per heavy atom. The summed E-state index contributed by atoms with van der Waals surface area (Å²) in [5, 5.41) is 7.30. The average Bonchev–Trinajstić information content (AvgIpc) is 2.81. The number of hydrogen-bond acceptors (Lipinski definition) is 4. The fourth-order valence-electron chi connectivity index (χ4n) is 1.81.